The smallest absolute Gasteiger partial charge is 0.148 e. The average Bonchev–Trinajstić information content (AvgIpc) is 3.11. The van der Waals surface area contributed by atoms with Gasteiger partial charge in [0, 0.05) is 24.3 Å². The molecule has 2 aromatic rings. The van der Waals surface area contributed by atoms with Crippen LogP contribution in [0.5, 0.6) is 0 Å². The van der Waals surface area contributed by atoms with E-state index in [4.69, 9.17) is 0 Å². The largest absolute Gasteiger partial charge is 0.310 e. The minimum absolute atomic E-state index is 0.382. The molecule has 0 bridgehead atoms. The molecule has 0 aliphatic rings. The molecule has 6 nitrogen and oxygen atoms in total. The van der Waals surface area contributed by atoms with Crippen molar-refractivity contribution >= 4 is 0 Å². The predicted octanol–water partition coefficient (Wildman–Crippen LogP) is 2.38. The second kappa shape index (κ2) is 7.93. The predicted molar refractivity (Wildman–Crippen MR) is 83.0 cm³/mol. The molecule has 0 radical (unpaired) electrons. The quantitative estimate of drug-likeness (QED) is 0.770. The lowest BCUT2D eigenvalue weighted by Crippen LogP contribution is -2.21. The Hall–Kier alpha value is -1.69. The van der Waals surface area contributed by atoms with Gasteiger partial charge in [-0.05, 0) is 25.8 Å². The van der Waals surface area contributed by atoms with E-state index >= 15 is 0 Å². The molecule has 0 aromatic carbocycles. The summed E-state index contributed by atoms with van der Waals surface area (Å²) in [5.74, 6) is 0.959. The minimum Gasteiger partial charge on any atom is -0.310 e. The highest BCUT2D eigenvalue weighted by Gasteiger charge is 2.12. The molecule has 1 unspecified atom stereocenters. The fourth-order valence-corrected chi connectivity index (χ4v) is 2.42. The van der Waals surface area contributed by atoms with Crippen molar-refractivity contribution in [2.75, 3.05) is 6.54 Å². The highest BCUT2D eigenvalue weighted by molar-refractivity contribution is 5.10. The molecule has 0 spiro atoms. The van der Waals surface area contributed by atoms with Crippen molar-refractivity contribution in [2.24, 2.45) is 0 Å². The number of aromatic nitrogens is 5. The monoisotopic (exact) mass is 290 g/mol. The van der Waals surface area contributed by atoms with Crippen LogP contribution >= 0.6 is 0 Å². The van der Waals surface area contributed by atoms with Crippen molar-refractivity contribution < 1.29 is 0 Å². The molecule has 0 saturated heterocycles. The first-order chi connectivity index (χ1) is 10.3. The third-order valence-electron chi connectivity index (χ3n) is 3.54. The summed E-state index contributed by atoms with van der Waals surface area (Å²) in [6, 6.07) is 0.382. The van der Waals surface area contributed by atoms with Crippen molar-refractivity contribution in [1.29, 1.82) is 0 Å². The number of hydrogen-bond acceptors (Lipinski definition) is 4. The SMILES string of the molecule is CCCNC(CC)c1cnn(Cc2ncnn2CCC)c1. The van der Waals surface area contributed by atoms with E-state index < -0.39 is 0 Å². The summed E-state index contributed by atoms with van der Waals surface area (Å²) >= 11 is 0. The van der Waals surface area contributed by atoms with Crippen LogP contribution in [0.2, 0.25) is 0 Å². The first-order valence-corrected chi connectivity index (χ1v) is 7.90. The van der Waals surface area contributed by atoms with Gasteiger partial charge in [0.25, 0.3) is 0 Å². The number of aryl methyl sites for hydroxylation is 1. The molecule has 6 heteroatoms. The average molecular weight is 290 g/mol. The van der Waals surface area contributed by atoms with Crippen molar-refractivity contribution in [1.82, 2.24) is 29.9 Å². The van der Waals surface area contributed by atoms with Crippen LogP contribution in [0.15, 0.2) is 18.7 Å². The van der Waals surface area contributed by atoms with Gasteiger partial charge in [0.2, 0.25) is 0 Å². The molecule has 2 aromatic heterocycles. The van der Waals surface area contributed by atoms with E-state index in [1.165, 1.54) is 5.56 Å². The maximum absolute atomic E-state index is 4.46. The van der Waals surface area contributed by atoms with Gasteiger partial charge in [0.15, 0.2) is 0 Å². The summed E-state index contributed by atoms with van der Waals surface area (Å²) < 4.78 is 3.90. The normalized spacial score (nSPS) is 12.7. The first kappa shape index (κ1) is 15.7. The Morgan fingerprint density at radius 3 is 2.76 bits per heavy atom. The van der Waals surface area contributed by atoms with Crippen molar-refractivity contribution in [3.8, 4) is 0 Å². The zero-order valence-electron chi connectivity index (χ0n) is 13.3. The summed E-state index contributed by atoms with van der Waals surface area (Å²) in [5.41, 5.74) is 1.24. The van der Waals surface area contributed by atoms with E-state index in [-0.39, 0.29) is 0 Å². The molecular weight excluding hydrogens is 264 g/mol. The maximum atomic E-state index is 4.46. The zero-order valence-corrected chi connectivity index (χ0v) is 13.3. The summed E-state index contributed by atoms with van der Waals surface area (Å²) in [7, 11) is 0. The van der Waals surface area contributed by atoms with Crippen molar-refractivity contribution in [3.05, 3.63) is 30.1 Å². The molecule has 1 atom stereocenters. The van der Waals surface area contributed by atoms with Crippen LogP contribution in [-0.4, -0.2) is 31.1 Å². The van der Waals surface area contributed by atoms with Gasteiger partial charge in [-0.2, -0.15) is 10.2 Å². The first-order valence-electron chi connectivity index (χ1n) is 7.90. The van der Waals surface area contributed by atoms with Gasteiger partial charge in [0.05, 0.1) is 6.20 Å². The molecule has 1 N–H and O–H groups in total. The van der Waals surface area contributed by atoms with Gasteiger partial charge in [-0.1, -0.05) is 20.8 Å². The molecular formula is C15H26N6. The molecule has 0 amide bonds. The fourth-order valence-electron chi connectivity index (χ4n) is 2.42. The summed E-state index contributed by atoms with van der Waals surface area (Å²) in [4.78, 5) is 4.33. The standard InChI is InChI=1S/C15H26N6/c1-4-7-16-14(6-3)13-9-18-20(10-13)11-15-17-12-19-21(15)8-5-2/h9-10,12,14,16H,4-8,11H2,1-3H3. The second-order valence-corrected chi connectivity index (χ2v) is 5.29. The van der Waals surface area contributed by atoms with Gasteiger partial charge < -0.3 is 5.32 Å². The maximum Gasteiger partial charge on any atom is 0.148 e. The van der Waals surface area contributed by atoms with E-state index in [0.29, 0.717) is 12.6 Å². The molecule has 2 heterocycles. The lowest BCUT2D eigenvalue weighted by molar-refractivity contribution is 0.516. The molecule has 21 heavy (non-hydrogen) atoms. The summed E-state index contributed by atoms with van der Waals surface area (Å²) in [5, 5.41) is 12.3. The lowest BCUT2D eigenvalue weighted by atomic mass is 10.1. The van der Waals surface area contributed by atoms with Crippen LogP contribution in [0.25, 0.3) is 0 Å². The van der Waals surface area contributed by atoms with Crippen molar-refractivity contribution in [2.45, 2.75) is 59.2 Å². The molecule has 116 valence electrons. The summed E-state index contributed by atoms with van der Waals surface area (Å²) in [6.45, 7) is 9.13. The zero-order chi connectivity index (χ0) is 15.1. The molecule has 0 saturated carbocycles. The molecule has 0 aliphatic heterocycles. The second-order valence-electron chi connectivity index (χ2n) is 5.29. The van der Waals surface area contributed by atoms with Gasteiger partial charge >= 0.3 is 0 Å². The van der Waals surface area contributed by atoms with Crippen LogP contribution in [0.1, 0.15) is 57.5 Å². The number of nitrogens with one attached hydrogen (secondary N) is 1. The van der Waals surface area contributed by atoms with Gasteiger partial charge in [-0.25, -0.2) is 9.67 Å². The molecule has 2 rings (SSSR count). The lowest BCUT2D eigenvalue weighted by Gasteiger charge is -2.14. The Morgan fingerprint density at radius 2 is 2.05 bits per heavy atom. The third kappa shape index (κ3) is 4.14. The number of nitrogens with zero attached hydrogens (tertiary/aromatic N) is 5. The van der Waals surface area contributed by atoms with Crippen LogP contribution < -0.4 is 5.32 Å². The van der Waals surface area contributed by atoms with E-state index in [2.05, 4.69) is 47.5 Å². The fraction of sp³-hybridized carbons (Fsp3) is 0.667. The minimum atomic E-state index is 0.382. The Bertz CT molecular complexity index is 530. The van der Waals surface area contributed by atoms with E-state index in [1.54, 1.807) is 6.33 Å². The van der Waals surface area contributed by atoms with Crippen LogP contribution in [0.3, 0.4) is 0 Å². The topological polar surface area (TPSA) is 60.6 Å². The highest BCUT2D eigenvalue weighted by Crippen LogP contribution is 2.16. The number of rotatable bonds is 9. The van der Waals surface area contributed by atoms with Gasteiger partial charge in [-0.3, -0.25) is 4.68 Å². The van der Waals surface area contributed by atoms with E-state index in [1.807, 2.05) is 15.6 Å². The van der Waals surface area contributed by atoms with Gasteiger partial charge in [0.1, 0.15) is 18.7 Å². The molecule has 0 fully saturated rings. The highest BCUT2D eigenvalue weighted by atomic mass is 15.4. The Labute approximate surface area is 126 Å². The Morgan fingerprint density at radius 1 is 1.19 bits per heavy atom. The van der Waals surface area contributed by atoms with E-state index in [0.717, 1.165) is 38.2 Å². The van der Waals surface area contributed by atoms with Crippen LogP contribution in [-0.2, 0) is 13.1 Å². The Kier molecular flexibility index (Phi) is 5.92. The number of hydrogen-bond donors (Lipinski definition) is 1. The third-order valence-corrected chi connectivity index (χ3v) is 3.54. The summed E-state index contributed by atoms with van der Waals surface area (Å²) in [6.07, 6.45) is 8.95. The van der Waals surface area contributed by atoms with Crippen LogP contribution in [0.4, 0.5) is 0 Å². The van der Waals surface area contributed by atoms with Gasteiger partial charge in [-0.15, -0.1) is 0 Å². The van der Waals surface area contributed by atoms with Crippen LogP contribution in [0, 0.1) is 0 Å². The molecule has 0 aliphatic carbocycles. The van der Waals surface area contributed by atoms with E-state index in [9.17, 15) is 0 Å². The van der Waals surface area contributed by atoms with Crippen molar-refractivity contribution in [3.63, 3.8) is 0 Å². The Balaban J connectivity index is 2.03.